The van der Waals surface area contributed by atoms with Crippen molar-refractivity contribution in [1.29, 1.82) is 0 Å². The van der Waals surface area contributed by atoms with Crippen LogP contribution in [0.4, 0.5) is 19.6 Å². The molecule has 0 unspecified atom stereocenters. The van der Waals surface area contributed by atoms with Crippen LogP contribution in [0.5, 0.6) is 0 Å². The van der Waals surface area contributed by atoms with Gasteiger partial charge in [-0.15, -0.1) is 22.7 Å². The van der Waals surface area contributed by atoms with Gasteiger partial charge in [-0.25, -0.2) is 9.59 Å². The van der Waals surface area contributed by atoms with Gasteiger partial charge in [0.15, 0.2) is 0 Å². The monoisotopic (exact) mass is 548 g/mol. The van der Waals surface area contributed by atoms with E-state index in [2.05, 4.69) is 16.0 Å². The second-order valence-electron chi connectivity index (χ2n) is 6.65. The number of carbonyl (C=O) groups excluding carboxylic acids is 4. The summed E-state index contributed by atoms with van der Waals surface area (Å²) in [6.45, 7) is 0. The van der Waals surface area contributed by atoms with Crippen LogP contribution in [0.1, 0.15) is 20.7 Å². The van der Waals surface area contributed by atoms with Gasteiger partial charge < -0.3 is 22.5 Å². The molecule has 6 amide bonds. The van der Waals surface area contributed by atoms with E-state index < -0.39 is 17.8 Å². The summed E-state index contributed by atoms with van der Waals surface area (Å²) in [7, 11) is 1.51. The van der Waals surface area contributed by atoms with Crippen molar-refractivity contribution in [2.75, 3.05) is 17.7 Å². The van der Waals surface area contributed by atoms with Crippen LogP contribution in [0, 0.1) is 0 Å². The molecular formula is C21H20N6O4S4. The zero-order chi connectivity index (χ0) is 25.5. The van der Waals surface area contributed by atoms with E-state index in [1.165, 1.54) is 29.7 Å². The van der Waals surface area contributed by atoms with Crippen LogP contribution in [0.3, 0.4) is 0 Å². The Morgan fingerprint density at radius 3 is 1.54 bits per heavy atom. The van der Waals surface area contributed by atoms with Crippen molar-refractivity contribution < 1.29 is 19.2 Å². The topological polar surface area (TPSA) is 182 Å². The van der Waals surface area contributed by atoms with Gasteiger partial charge in [-0.1, -0.05) is 0 Å². The normalized spacial score (nSPS) is 10.1. The first kappa shape index (κ1) is 25.9. The summed E-state index contributed by atoms with van der Waals surface area (Å²) >= 11 is 5.71. The summed E-state index contributed by atoms with van der Waals surface area (Å²) in [5.41, 5.74) is 18.2. The molecular weight excluding hydrogens is 529 g/mol. The molecule has 0 aliphatic carbocycles. The van der Waals surface area contributed by atoms with Gasteiger partial charge >= 0.3 is 12.1 Å². The molecule has 0 aliphatic rings. The highest BCUT2D eigenvalue weighted by Gasteiger charge is 2.17. The molecule has 4 rings (SSSR count). The predicted octanol–water partition coefficient (Wildman–Crippen LogP) is 4.39. The number of primary amides is 3. The standard InChI is InChI=1S/C11H11N3O2S2.C10H9N3O2S2/c1-13-11(16)14-10-7(9(12)15)4-8(18-10)6-2-3-17-5-6;11-8(14)6-3-7(5-1-2-16-4-5)17-9(6)13-10(12)15/h2-5H,1H3,(H2,12,15)(H2,13,14,16);1-4H,(H2,11,14)(H3,12,13,15). The van der Waals surface area contributed by atoms with Crippen molar-refractivity contribution in [2.45, 2.75) is 0 Å². The molecule has 0 fully saturated rings. The van der Waals surface area contributed by atoms with E-state index in [1.807, 2.05) is 33.7 Å². The Kier molecular flexibility index (Phi) is 8.59. The largest absolute Gasteiger partial charge is 0.366 e. The van der Waals surface area contributed by atoms with Crippen molar-refractivity contribution in [3.8, 4) is 20.9 Å². The van der Waals surface area contributed by atoms with Gasteiger partial charge in [0.2, 0.25) is 0 Å². The second-order valence-corrected chi connectivity index (χ2v) is 10.3. The SMILES string of the molecule is CNC(=O)Nc1sc(-c2ccsc2)cc1C(N)=O.NC(=O)Nc1sc(-c2ccsc2)cc1C(N)=O. The molecule has 4 heterocycles. The smallest absolute Gasteiger partial charge is 0.319 e. The minimum atomic E-state index is -0.716. The minimum Gasteiger partial charge on any atom is -0.366 e. The average molecular weight is 549 g/mol. The maximum atomic E-state index is 11.3. The number of anilines is 2. The molecule has 182 valence electrons. The molecule has 9 N–H and O–H groups in total. The van der Waals surface area contributed by atoms with Gasteiger partial charge in [-0.05, 0) is 45.8 Å². The van der Waals surface area contributed by atoms with Crippen LogP contribution in [-0.2, 0) is 0 Å². The van der Waals surface area contributed by atoms with Crippen molar-refractivity contribution in [1.82, 2.24) is 5.32 Å². The minimum absolute atomic E-state index is 0.273. The Morgan fingerprint density at radius 1 is 0.743 bits per heavy atom. The third-order valence-electron chi connectivity index (χ3n) is 4.30. The highest BCUT2D eigenvalue weighted by molar-refractivity contribution is 7.20. The highest BCUT2D eigenvalue weighted by Crippen LogP contribution is 2.37. The molecule has 0 saturated carbocycles. The maximum Gasteiger partial charge on any atom is 0.319 e. The fourth-order valence-corrected chi connectivity index (χ4v) is 6.28. The molecule has 0 radical (unpaired) electrons. The fraction of sp³-hybridized carbons (Fsp3) is 0.0476. The number of nitrogens with one attached hydrogen (secondary N) is 3. The molecule has 4 aromatic heterocycles. The van der Waals surface area contributed by atoms with Crippen molar-refractivity contribution >= 4 is 79.2 Å². The Hall–Kier alpha value is -3.72. The summed E-state index contributed by atoms with van der Waals surface area (Å²) in [6, 6.07) is 6.13. The molecule has 0 saturated heterocycles. The Labute approximate surface area is 215 Å². The number of rotatable bonds is 6. The van der Waals surface area contributed by atoms with E-state index in [1.54, 1.807) is 34.8 Å². The Balaban J connectivity index is 0.000000196. The Morgan fingerprint density at radius 2 is 1.20 bits per heavy atom. The summed E-state index contributed by atoms with van der Waals surface area (Å²) in [5, 5.41) is 16.1. The molecule has 10 nitrogen and oxygen atoms in total. The summed E-state index contributed by atoms with van der Waals surface area (Å²) in [5.74, 6) is -1.15. The van der Waals surface area contributed by atoms with Crippen LogP contribution in [0.2, 0.25) is 0 Å². The van der Waals surface area contributed by atoms with E-state index in [-0.39, 0.29) is 11.6 Å². The summed E-state index contributed by atoms with van der Waals surface area (Å²) < 4.78 is 0. The summed E-state index contributed by atoms with van der Waals surface area (Å²) in [4.78, 5) is 46.4. The summed E-state index contributed by atoms with van der Waals surface area (Å²) in [6.07, 6.45) is 0. The highest BCUT2D eigenvalue weighted by atomic mass is 32.1. The lowest BCUT2D eigenvalue weighted by Gasteiger charge is -2.02. The molecule has 0 bridgehead atoms. The van der Waals surface area contributed by atoms with Crippen molar-refractivity contribution in [3.05, 3.63) is 56.9 Å². The quantitative estimate of drug-likeness (QED) is 0.209. The van der Waals surface area contributed by atoms with E-state index in [0.29, 0.717) is 15.6 Å². The molecule has 4 aromatic rings. The number of thiophene rings is 4. The number of hydrogen-bond donors (Lipinski definition) is 6. The zero-order valence-electron chi connectivity index (χ0n) is 18.1. The van der Waals surface area contributed by atoms with Crippen LogP contribution >= 0.6 is 45.3 Å². The first-order valence-electron chi connectivity index (χ1n) is 9.67. The molecule has 0 aromatic carbocycles. The molecule has 0 spiro atoms. The van der Waals surface area contributed by atoms with E-state index >= 15 is 0 Å². The average Bonchev–Trinajstić information content (AvgIpc) is 3.59. The molecule has 35 heavy (non-hydrogen) atoms. The van der Waals surface area contributed by atoms with Gasteiger partial charge in [0.1, 0.15) is 10.0 Å². The van der Waals surface area contributed by atoms with Crippen LogP contribution in [-0.4, -0.2) is 30.9 Å². The van der Waals surface area contributed by atoms with E-state index in [9.17, 15) is 19.2 Å². The fourth-order valence-electron chi connectivity index (χ4n) is 2.71. The van der Waals surface area contributed by atoms with E-state index in [0.717, 1.165) is 20.9 Å². The van der Waals surface area contributed by atoms with Gasteiger partial charge in [0.05, 0.1) is 11.1 Å². The third-order valence-corrected chi connectivity index (χ3v) is 7.86. The second kappa shape index (κ2) is 11.6. The first-order valence-corrected chi connectivity index (χ1v) is 13.2. The predicted molar refractivity (Wildman–Crippen MR) is 144 cm³/mol. The van der Waals surface area contributed by atoms with Crippen LogP contribution < -0.4 is 33.2 Å². The van der Waals surface area contributed by atoms with Gasteiger partial charge in [-0.3, -0.25) is 20.2 Å². The van der Waals surface area contributed by atoms with Crippen LogP contribution in [0.15, 0.2) is 45.8 Å². The number of urea groups is 2. The number of hydrogen-bond acceptors (Lipinski definition) is 8. The van der Waals surface area contributed by atoms with Gasteiger partial charge in [0.25, 0.3) is 11.8 Å². The van der Waals surface area contributed by atoms with Crippen molar-refractivity contribution in [2.24, 2.45) is 17.2 Å². The molecule has 0 atom stereocenters. The van der Waals surface area contributed by atoms with Gasteiger partial charge in [0, 0.05) is 27.9 Å². The molecule has 0 aliphatic heterocycles. The first-order chi connectivity index (χ1) is 16.7. The van der Waals surface area contributed by atoms with E-state index in [4.69, 9.17) is 17.2 Å². The zero-order valence-corrected chi connectivity index (χ0v) is 21.4. The van der Waals surface area contributed by atoms with Gasteiger partial charge in [-0.2, -0.15) is 22.7 Å². The number of carbonyl (C=O) groups is 4. The number of amides is 6. The molecule has 14 heteroatoms. The lowest BCUT2D eigenvalue weighted by molar-refractivity contribution is 0.0993. The maximum absolute atomic E-state index is 11.3. The lowest BCUT2D eigenvalue weighted by Crippen LogP contribution is -2.25. The third kappa shape index (κ3) is 6.66. The Bertz CT molecular complexity index is 1340. The van der Waals surface area contributed by atoms with Crippen LogP contribution in [0.25, 0.3) is 20.9 Å². The van der Waals surface area contributed by atoms with Crippen molar-refractivity contribution in [3.63, 3.8) is 0 Å². The number of nitrogens with two attached hydrogens (primary N) is 3. The lowest BCUT2D eigenvalue weighted by atomic mass is 10.2.